The van der Waals surface area contributed by atoms with Crippen LogP contribution in [0.5, 0.6) is 0 Å². The van der Waals surface area contributed by atoms with Crippen molar-refractivity contribution in [1.82, 2.24) is 0 Å². The Balaban J connectivity index is 0.000000190. The Hall–Kier alpha value is -7.52. The molecule has 0 saturated heterocycles. The number of halogens is 1. The molecule has 2 aliphatic rings. The SMILES string of the molecule is CC1(C)c2ccccc2-c2ccc(Br)cc21.CC1(C)c2ccccc2-c2ccc(Cc3ccc(-c4ccc(-c5ccccc5)cc4)cc3)cc21.Nc1ccc(-c2ccc(-c3ccccc3)cc2)cc1.[2HH].[2HH].[2H][2H].[2H][2H]. The molecule has 0 unspecified atom stereocenters. The molecule has 2 aliphatic carbocycles. The fourth-order valence-electron chi connectivity index (χ4n) is 10.2. The first kappa shape index (κ1) is 42.8. The van der Waals surface area contributed by atoms with Gasteiger partial charge >= 0.3 is 0 Å². The van der Waals surface area contributed by atoms with E-state index >= 15 is 0 Å². The van der Waals surface area contributed by atoms with E-state index in [-0.39, 0.29) is 13.7 Å². The van der Waals surface area contributed by atoms with Gasteiger partial charge in [-0.15, -0.1) is 0 Å². The smallest absolute Gasteiger partial charge is 0.0314 e. The largest absolute Gasteiger partial charge is 0.399 e. The molecule has 0 saturated carbocycles. The number of fused-ring (bicyclic) bond motifs is 6. The zero-order valence-corrected chi connectivity index (χ0v) is 41.3. The van der Waals surface area contributed by atoms with E-state index in [2.05, 4.69) is 256 Å². The monoisotopic (exact) mass is 967 g/mol. The minimum Gasteiger partial charge on any atom is -0.399 e. The first-order valence-electron chi connectivity index (χ1n) is 25.9. The molecule has 0 atom stereocenters. The number of nitrogen functional groups attached to an aromatic ring is 1. The number of rotatable bonds is 6. The Kier molecular flexibility index (Phi) is 11.9. The Morgan fingerprint density at radius 2 is 0.652 bits per heavy atom. The van der Waals surface area contributed by atoms with E-state index in [0.29, 0.717) is 0 Å². The molecule has 2 heteroatoms. The highest BCUT2D eigenvalue weighted by Crippen LogP contribution is 2.50. The normalized spacial score (nSPS) is 13.3. The average molecular weight is 969 g/mol. The average Bonchev–Trinajstić information content (AvgIpc) is 3.82. The lowest BCUT2D eigenvalue weighted by Crippen LogP contribution is -2.15. The summed E-state index contributed by atoms with van der Waals surface area (Å²) in [5, 5.41) is 0. The second-order valence-electron chi connectivity index (χ2n) is 19.3. The van der Waals surface area contributed by atoms with Crippen molar-refractivity contribution in [3.05, 3.63) is 281 Å². The fourth-order valence-corrected chi connectivity index (χ4v) is 10.6. The first-order chi connectivity index (χ1) is 35.5. The molecule has 0 fully saturated rings. The van der Waals surface area contributed by atoms with Crippen molar-refractivity contribution in [2.24, 2.45) is 0 Å². The van der Waals surface area contributed by atoms with Crippen LogP contribution in [0.2, 0.25) is 0 Å². The predicted octanol–water partition coefficient (Wildman–Crippen LogP) is 19.3. The van der Waals surface area contributed by atoms with Crippen LogP contribution >= 0.6 is 15.9 Å². The number of anilines is 1. The van der Waals surface area contributed by atoms with Crippen molar-refractivity contribution in [1.29, 1.82) is 0 Å². The zero-order chi connectivity index (χ0) is 51.5. The molecule has 0 spiro atoms. The van der Waals surface area contributed by atoms with Gasteiger partial charge in [0.15, 0.2) is 0 Å². The van der Waals surface area contributed by atoms with Gasteiger partial charge in [0, 0.05) is 29.8 Å². The van der Waals surface area contributed by atoms with E-state index < -0.39 is 0 Å². The quantitative estimate of drug-likeness (QED) is 0.165. The highest BCUT2D eigenvalue weighted by atomic mass is 79.9. The third-order valence-electron chi connectivity index (χ3n) is 14.1. The van der Waals surface area contributed by atoms with Crippen LogP contribution in [0.4, 0.5) is 5.69 Å². The summed E-state index contributed by atoms with van der Waals surface area (Å²) < 4.78 is 21.2. The molecule has 10 aromatic carbocycles. The van der Waals surface area contributed by atoms with E-state index in [9.17, 15) is 0 Å². The number of hydrogen-bond donors (Lipinski definition) is 1. The number of benzene rings is 10. The molecule has 10 aromatic rings. The van der Waals surface area contributed by atoms with Crippen molar-refractivity contribution in [3.63, 3.8) is 0 Å². The zero-order valence-electron chi connectivity index (χ0n) is 43.8. The molecular weight excluding hydrogens is 899 g/mol. The van der Waals surface area contributed by atoms with Gasteiger partial charge in [-0.05, 0) is 131 Å². The maximum absolute atomic E-state index is 5.70. The van der Waals surface area contributed by atoms with Gasteiger partial charge in [-0.25, -0.2) is 0 Å². The number of nitrogens with two attached hydrogens (primary N) is 1. The Bertz CT molecular complexity index is 3400. The molecule has 1 nitrogen and oxygen atoms in total. The van der Waals surface area contributed by atoms with Crippen molar-refractivity contribution in [2.75, 3.05) is 5.73 Å². The molecule has 0 aliphatic heterocycles. The Morgan fingerprint density at radius 3 is 1.10 bits per heavy atom. The van der Waals surface area contributed by atoms with Gasteiger partial charge in [0.1, 0.15) is 0 Å². The van der Waals surface area contributed by atoms with E-state index in [0.717, 1.165) is 16.6 Å². The summed E-state index contributed by atoms with van der Waals surface area (Å²) in [6.07, 6.45) is 0.951. The van der Waals surface area contributed by atoms with Crippen molar-refractivity contribution < 1.29 is 8.79 Å². The van der Waals surface area contributed by atoms with Gasteiger partial charge in [-0.1, -0.05) is 262 Å². The predicted molar refractivity (Wildman–Crippen MR) is 306 cm³/mol. The van der Waals surface area contributed by atoms with Gasteiger partial charge in [-0.2, -0.15) is 0 Å². The lowest BCUT2D eigenvalue weighted by atomic mass is 9.81. The summed E-state index contributed by atoms with van der Waals surface area (Å²) in [4.78, 5) is 0. The first-order valence-corrected chi connectivity index (χ1v) is 24.7. The van der Waals surface area contributed by atoms with Gasteiger partial charge < -0.3 is 5.73 Å². The summed E-state index contributed by atoms with van der Waals surface area (Å²) in [5.74, 6) is 0. The summed E-state index contributed by atoms with van der Waals surface area (Å²) in [6.45, 7) is 9.28. The second kappa shape index (κ2) is 19.2. The Morgan fingerprint density at radius 1 is 0.333 bits per heavy atom. The van der Waals surface area contributed by atoms with Crippen LogP contribution in [-0.2, 0) is 17.3 Å². The molecule has 0 radical (unpaired) electrons. The summed E-state index contributed by atoms with van der Waals surface area (Å²) in [6, 6.07) is 86.6. The molecule has 0 bridgehead atoms. The molecule has 12 rings (SSSR count). The number of hydrogen-bond acceptors (Lipinski definition) is 1. The van der Waals surface area contributed by atoms with Crippen LogP contribution in [0.15, 0.2) is 247 Å². The van der Waals surface area contributed by atoms with Crippen LogP contribution in [0.1, 0.15) is 69.9 Å². The van der Waals surface area contributed by atoms with Crippen LogP contribution in [0, 0.1) is 0 Å². The van der Waals surface area contributed by atoms with Crippen LogP contribution < -0.4 is 5.73 Å². The van der Waals surface area contributed by atoms with Crippen molar-refractivity contribution in [2.45, 2.75) is 44.9 Å². The maximum Gasteiger partial charge on any atom is 0.0314 e. The third-order valence-corrected chi connectivity index (χ3v) is 14.6. The minimum absolute atomic E-state index is 0. The minimum atomic E-state index is 0. The van der Waals surface area contributed by atoms with Crippen LogP contribution in [-0.4, -0.2) is 0 Å². The molecule has 0 amide bonds. The summed E-state index contributed by atoms with van der Waals surface area (Å²) in [7, 11) is 0. The topological polar surface area (TPSA) is 26.0 Å². The summed E-state index contributed by atoms with van der Waals surface area (Å²) in [5.41, 5.74) is 30.6. The molecule has 0 heterocycles. The van der Waals surface area contributed by atoms with Gasteiger partial charge in [0.2, 0.25) is 0 Å². The highest BCUT2D eigenvalue weighted by Gasteiger charge is 2.36. The van der Waals surface area contributed by atoms with Crippen LogP contribution in [0.25, 0.3) is 66.8 Å². The Labute approximate surface area is 426 Å². The highest BCUT2D eigenvalue weighted by molar-refractivity contribution is 9.10. The lowest BCUT2D eigenvalue weighted by molar-refractivity contribution is 0.659. The standard InChI is InChI=1S/C34H28.C18H15N.C15H13Br.4H2/c1-34(2)32-11-7-6-10-30(32)31-21-14-25(23-33(31)34)22-24-12-15-27(16-13-24)29-19-17-28(18-20-29)26-8-4-3-5-9-26;19-18-12-10-17(11-13-18)16-8-6-15(7-9-16)14-4-2-1-3-5-14;1-15(2)13-6-4-3-5-11(13)12-8-7-10(16)9-14(12)15;;;;/h3-21,23H,22H2,1-2H3;1-13H,19H2;3-9H,1-2H3;4*1H/i;;;2*1+1D;2*1+1. The van der Waals surface area contributed by atoms with Crippen molar-refractivity contribution in [3.8, 4) is 66.8 Å². The van der Waals surface area contributed by atoms with E-state index in [4.69, 9.17) is 11.7 Å². The van der Waals surface area contributed by atoms with E-state index in [1.165, 1.54) is 100 Å². The van der Waals surface area contributed by atoms with E-state index in [1.807, 2.05) is 30.3 Å². The third kappa shape index (κ3) is 9.38. The maximum atomic E-state index is 5.70. The lowest BCUT2D eigenvalue weighted by Gasteiger charge is -2.22. The molecule has 69 heavy (non-hydrogen) atoms. The molecule has 2 N–H and O–H groups in total. The van der Waals surface area contributed by atoms with Gasteiger partial charge in [0.05, 0.1) is 0 Å². The van der Waals surface area contributed by atoms with Gasteiger partial charge in [-0.3, -0.25) is 0 Å². The van der Waals surface area contributed by atoms with Gasteiger partial charge in [0.25, 0.3) is 0 Å². The van der Waals surface area contributed by atoms with Crippen LogP contribution in [0.3, 0.4) is 0 Å². The summed E-state index contributed by atoms with van der Waals surface area (Å²) >= 11 is 3.56. The van der Waals surface area contributed by atoms with Crippen molar-refractivity contribution >= 4 is 21.6 Å². The molecule has 0 aromatic heterocycles. The molecule has 344 valence electrons. The van der Waals surface area contributed by atoms with E-state index in [1.54, 1.807) is 0 Å². The fraction of sp³-hybridized carbons (Fsp3) is 0.104. The second-order valence-corrected chi connectivity index (χ2v) is 20.2. The molecular formula is C67H64BrN.